The van der Waals surface area contributed by atoms with Crippen LogP contribution in [0.1, 0.15) is 31.3 Å². The van der Waals surface area contributed by atoms with Crippen molar-refractivity contribution in [2.45, 2.75) is 20.8 Å². The van der Waals surface area contributed by atoms with E-state index in [9.17, 15) is 4.79 Å². The molecule has 0 bridgehead atoms. The zero-order valence-corrected chi connectivity index (χ0v) is 9.09. The van der Waals surface area contributed by atoms with Gasteiger partial charge in [0.1, 0.15) is 5.69 Å². The zero-order chi connectivity index (χ0) is 11.1. The molecule has 2 rings (SSSR count). The number of aromatic nitrogens is 2. The molecule has 0 aliphatic carbocycles. The fourth-order valence-corrected chi connectivity index (χ4v) is 1.43. The Morgan fingerprint density at radius 3 is 2.87 bits per heavy atom. The molecule has 0 saturated heterocycles. The van der Waals surface area contributed by atoms with Crippen molar-refractivity contribution in [3.8, 4) is 0 Å². The van der Waals surface area contributed by atoms with Gasteiger partial charge in [0.15, 0.2) is 5.78 Å². The van der Waals surface area contributed by atoms with Crippen LogP contribution in [-0.4, -0.2) is 16.0 Å². The molecular weight excluding hydrogens is 188 g/mol. The monoisotopic (exact) mass is 201 g/mol. The lowest BCUT2D eigenvalue weighted by molar-refractivity contribution is 0.0854. The number of fused-ring (bicyclic) bond motifs is 1. The summed E-state index contributed by atoms with van der Waals surface area (Å²) >= 11 is 0. The molecule has 0 aliphatic heterocycles. The summed E-state index contributed by atoms with van der Waals surface area (Å²) in [4.78, 5) is 12.0. The van der Waals surface area contributed by atoms with Crippen LogP contribution in [0.15, 0.2) is 18.2 Å². The first-order chi connectivity index (χ1) is 7.00. The second-order valence-electron chi connectivity index (χ2n) is 4.62. The van der Waals surface area contributed by atoms with Gasteiger partial charge in [0, 0.05) is 10.8 Å². The normalized spacial score (nSPS) is 11.9. The molecule has 0 atom stereocenters. The van der Waals surface area contributed by atoms with E-state index in [0.717, 1.165) is 10.9 Å². The van der Waals surface area contributed by atoms with Crippen LogP contribution in [0, 0.1) is 11.5 Å². The van der Waals surface area contributed by atoms with Crippen molar-refractivity contribution in [2.24, 2.45) is 5.41 Å². The molecule has 0 amide bonds. The molecular formula is C12H13N2O. The maximum Gasteiger partial charge on any atom is 0.188 e. The number of benzene rings is 1. The van der Waals surface area contributed by atoms with Crippen molar-refractivity contribution in [2.75, 3.05) is 0 Å². The molecule has 0 fully saturated rings. The number of Topliss-reactive ketones (excluding diaryl/α,β-unsaturated/α-hetero) is 1. The molecule has 2 aromatic rings. The summed E-state index contributed by atoms with van der Waals surface area (Å²) in [5.74, 6) is 0.0494. The van der Waals surface area contributed by atoms with Gasteiger partial charge in [0.05, 0.1) is 5.52 Å². The lowest BCUT2D eigenvalue weighted by Gasteiger charge is -2.14. The van der Waals surface area contributed by atoms with E-state index in [2.05, 4.69) is 16.3 Å². The summed E-state index contributed by atoms with van der Waals surface area (Å²) in [5, 5.41) is 7.76. The highest BCUT2D eigenvalue weighted by Gasteiger charge is 2.26. The predicted molar refractivity (Wildman–Crippen MR) is 58.7 cm³/mol. The summed E-state index contributed by atoms with van der Waals surface area (Å²) in [5.41, 5.74) is 0.980. The zero-order valence-electron chi connectivity index (χ0n) is 9.09. The topological polar surface area (TPSA) is 45.8 Å². The number of carbonyl (C=O) groups excluding carboxylic acids is 1. The molecule has 0 unspecified atom stereocenters. The van der Waals surface area contributed by atoms with Gasteiger partial charge >= 0.3 is 0 Å². The molecule has 77 valence electrons. The van der Waals surface area contributed by atoms with Crippen molar-refractivity contribution >= 4 is 16.7 Å². The van der Waals surface area contributed by atoms with Gasteiger partial charge in [-0.05, 0) is 18.2 Å². The van der Waals surface area contributed by atoms with Gasteiger partial charge in [-0.15, -0.1) is 0 Å². The summed E-state index contributed by atoms with van der Waals surface area (Å²) in [7, 11) is 0. The Hall–Kier alpha value is -1.64. The molecule has 3 heteroatoms. The highest BCUT2D eigenvalue weighted by atomic mass is 16.1. The molecule has 0 spiro atoms. The van der Waals surface area contributed by atoms with Gasteiger partial charge < -0.3 is 0 Å². The van der Waals surface area contributed by atoms with E-state index >= 15 is 0 Å². The number of carbonyl (C=O) groups is 1. The van der Waals surface area contributed by atoms with E-state index < -0.39 is 5.41 Å². The Balaban J connectivity index is 2.58. The Labute approximate surface area is 88.5 Å². The molecule has 1 radical (unpaired) electrons. The molecule has 0 saturated carbocycles. The highest BCUT2D eigenvalue weighted by molar-refractivity contribution is 6.08. The summed E-state index contributed by atoms with van der Waals surface area (Å²) in [6.45, 7) is 5.67. The number of ketones is 1. The number of hydrogen-bond acceptors (Lipinski definition) is 2. The SMILES string of the molecule is CC(C)(C)C(=O)c1n[nH]c2cc[c]cc12. The first kappa shape index (κ1) is 9.90. The van der Waals surface area contributed by atoms with Crippen molar-refractivity contribution in [1.29, 1.82) is 0 Å². The van der Waals surface area contributed by atoms with Crippen LogP contribution >= 0.6 is 0 Å². The lowest BCUT2D eigenvalue weighted by atomic mass is 9.88. The number of H-pyrrole nitrogens is 1. The molecule has 0 aliphatic rings. The molecule has 15 heavy (non-hydrogen) atoms. The quantitative estimate of drug-likeness (QED) is 0.721. The predicted octanol–water partition coefficient (Wildman–Crippen LogP) is 2.59. The van der Waals surface area contributed by atoms with E-state index in [1.165, 1.54) is 0 Å². The van der Waals surface area contributed by atoms with Crippen molar-refractivity contribution < 1.29 is 4.79 Å². The first-order valence-electron chi connectivity index (χ1n) is 4.89. The Bertz CT molecular complexity index is 506. The van der Waals surface area contributed by atoms with Gasteiger partial charge in [-0.1, -0.05) is 26.8 Å². The maximum atomic E-state index is 12.0. The van der Waals surface area contributed by atoms with Gasteiger partial charge in [0.25, 0.3) is 0 Å². The first-order valence-corrected chi connectivity index (χ1v) is 4.89. The van der Waals surface area contributed by atoms with Gasteiger partial charge in [0.2, 0.25) is 0 Å². The van der Waals surface area contributed by atoms with Crippen LogP contribution in [-0.2, 0) is 0 Å². The van der Waals surface area contributed by atoms with E-state index in [0.29, 0.717) is 5.69 Å². The van der Waals surface area contributed by atoms with Crippen LogP contribution in [0.2, 0.25) is 0 Å². The Kier molecular flexibility index (Phi) is 2.11. The Morgan fingerprint density at radius 1 is 1.47 bits per heavy atom. The average Bonchev–Trinajstić information content (AvgIpc) is 2.58. The largest absolute Gasteiger partial charge is 0.292 e. The van der Waals surface area contributed by atoms with Crippen LogP contribution in [0.4, 0.5) is 0 Å². The number of aromatic amines is 1. The highest BCUT2D eigenvalue weighted by Crippen LogP contribution is 2.24. The van der Waals surface area contributed by atoms with E-state index in [1.807, 2.05) is 26.8 Å². The molecule has 1 aromatic carbocycles. The summed E-state index contributed by atoms with van der Waals surface area (Å²) in [6, 6.07) is 8.41. The Morgan fingerprint density at radius 2 is 2.20 bits per heavy atom. The van der Waals surface area contributed by atoms with Gasteiger partial charge in [-0.2, -0.15) is 5.10 Å². The molecule has 1 aromatic heterocycles. The number of nitrogens with zero attached hydrogens (tertiary/aromatic N) is 1. The van der Waals surface area contributed by atoms with E-state index in [-0.39, 0.29) is 5.78 Å². The van der Waals surface area contributed by atoms with Crippen LogP contribution in [0.3, 0.4) is 0 Å². The molecule has 3 nitrogen and oxygen atoms in total. The standard InChI is InChI=1S/C12H13N2O/c1-12(2,3)11(15)10-8-6-4-5-7-9(8)13-14-10/h5-7H,1-3H3,(H,13,14). The summed E-state index contributed by atoms with van der Waals surface area (Å²) < 4.78 is 0. The third-order valence-corrected chi connectivity index (χ3v) is 2.30. The van der Waals surface area contributed by atoms with Crippen LogP contribution in [0.5, 0.6) is 0 Å². The minimum Gasteiger partial charge on any atom is -0.292 e. The average molecular weight is 201 g/mol. The van der Waals surface area contributed by atoms with Crippen molar-refractivity contribution in [3.05, 3.63) is 30.0 Å². The molecule has 1 heterocycles. The second-order valence-corrected chi connectivity index (χ2v) is 4.62. The number of hydrogen-bond donors (Lipinski definition) is 1. The lowest BCUT2D eigenvalue weighted by Crippen LogP contribution is -2.20. The van der Waals surface area contributed by atoms with Crippen molar-refractivity contribution in [3.63, 3.8) is 0 Å². The third-order valence-electron chi connectivity index (χ3n) is 2.30. The third kappa shape index (κ3) is 1.65. The minimum absolute atomic E-state index is 0.0494. The number of rotatable bonds is 1. The smallest absolute Gasteiger partial charge is 0.188 e. The van der Waals surface area contributed by atoms with E-state index in [4.69, 9.17) is 0 Å². The van der Waals surface area contributed by atoms with Crippen LogP contribution < -0.4 is 0 Å². The van der Waals surface area contributed by atoms with Gasteiger partial charge in [-0.25, -0.2) is 0 Å². The van der Waals surface area contributed by atoms with Gasteiger partial charge in [-0.3, -0.25) is 9.89 Å². The van der Waals surface area contributed by atoms with Crippen molar-refractivity contribution in [1.82, 2.24) is 10.2 Å². The minimum atomic E-state index is -0.405. The molecule has 1 N–H and O–H groups in total. The van der Waals surface area contributed by atoms with Crippen LogP contribution in [0.25, 0.3) is 10.9 Å². The fourth-order valence-electron chi connectivity index (χ4n) is 1.43. The second kappa shape index (κ2) is 3.19. The fraction of sp³-hybridized carbons (Fsp3) is 0.333. The number of nitrogens with one attached hydrogen (secondary N) is 1. The van der Waals surface area contributed by atoms with E-state index in [1.54, 1.807) is 12.1 Å². The maximum absolute atomic E-state index is 12.0. The summed E-state index contributed by atoms with van der Waals surface area (Å²) in [6.07, 6.45) is 0.